The van der Waals surface area contributed by atoms with Gasteiger partial charge in [-0.15, -0.1) is 0 Å². The van der Waals surface area contributed by atoms with Gasteiger partial charge >= 0.3 is 0 Å². The molecule has 0 spiro atoms. The van der Waals surface area contributed by atoms with Crippen LogP contribution in [0.3, 0.4) is 0 Å². The maximum absolute atomic E-state index is 12.1. The highest BCUT2D eigenvalue weighted by Crippen LogP contribution is 2.28. The zero-order valence-corrected chi connectivity index (χ0v) is 13.8. The van der Waals surface area contributed by atoms with Gasteiger partial charge in [-0.3, -0.25) is 14.9 Å². The van der Waals surface area contributed by atoms with Gasteiger partial charge in [0.15, 0.2) is 11.5 Å². The van der Waals surface area contributed by atoms with E-state index < -0.39 is 10.8 Å². The predicted molar refractivity (Wildman–Crippen MR) is 88.8 cm³/mol. The summed E-state index contributed by atoms with van der Waals surface area (Å²) in [7, 11) is 3.06. The summed E-state index contributed by atoms with van der Waals surface area (Å²) < 4.78 is 10.3. The van der Waals surface area contributed by atoms with Crippen molar-refractivity contribution in [3.05, 3.63) is 62.7 Å². The van der Waals surface area contributed by atoms with Crippen LogP contribution in [0.4, 0.5) is 5.69 Å². The van der Waals surface area contributed by atoms with Crippen LogP contribution in [0.2, 0.25) is 5.02 Å². The van der Waals surface area contributed by atoms with Crippen molar-refractivity contribution in [1.29, 1.82) is 0 Å². The molecule has 0 fully saturated rings. The summed E-state index contributed by atoms with van der Waals surface area (Å²) in [6.45, 7) is 0.232. The minimum Gasteiger partial charge on any atom is -0.493 e. The summed E-state index contributed by atoms with van der Waals surface area (Å²) in [5, 5.41) is 13.5. The third-order valence-electron chi connectivity index (χ3n) is 3.31. The number of hydrogen-bond acceptors (Lipinski definition) is 5. The normalized spacial score (nSPS) is 10.1. The van der Waals surface area contributed by atoms with Crippen LogP contribution in [0.1, 0.15) is 15.9 Å². The molecule has 2 aromatic carbocycles. The molecular weight excluding hydrogens is 336 g/mol. The summed E-state index contributed by atoms with van der Waals surface area (Å²) in [5.74, 6) is 0.692. The Morgan fingerprint density at radius 2 is 1.88 bits per heavy atom. The second-order valence-corrected chi connectivity index (χ2v) is 5.20. The van der Waals surface area contributed by atoms with Crippen molar-refractivity contribution < 1.29 is 19.2 Å². The zero-order chi connectivity index (χ0) is 17.7. The lowest BCUT2D eigenvalue weighted by molar-refractivity contribution is -0.384. The topological polar surface area (TPSA) is 90.7 Å². The molecule has 0 bridgehead atoms. The number of nitro groups is 1. The number of benzene rings is 2. The SMILES string of the molecule is COc1ccc(CNC(=O)c2ccc(Cl)c([N+](=O)[O-])c2)cc1OC. The lowest BCUT2D eigenvalue weighted by Gasteiger charge is -2.10. The van der Waals surface area contributed by atoms with Crippen molar-refractivity contribution in [3.63, 3.8) is 0 Å². The second-order valence-electron chi connectivity index (χ2n) is 4.80. The van der Waals surface area contributed by atoms with E-state index in [1.165, 1.54) is 26.4 Å². The molecule has 0 unspecified atom stereocenters. The molecule has 0 saturated carbocycles. The molecule has 2 rings (SSSR count). The van der Waals surface area contributed by atoms with Crippen LogP contribution in [0.5, 0.6) is 11.5 Å². The third-order valence-corrected chi connectivity index (χ3v) is 3.63. The Morgan fingerprint density at radius 3 is 2.50 bits per heavy atom. The second kappa shape index (κ2) is 7.65. The van der Waals surface area contributed by atoms with Gasteiger partial charge in [-0.25, -0.2) is 0 Å². The average molecular weight is 351 g/mol. The number of nitro benzene ring substituents is 1. The van der Waals surface area contributed by atoms with E-state index in [4.69, 9.17) is 21.1 Å². The van der Waals surface area contributed by atoms with Gasteiger partial charge in [-0.05, 0) is 29.8 Å². The summed E-state index contributed by atoms with van der Waals surface area (Å²) in [4.78, 5) is 22.4. The lowest BCUT2D eigenvalue weighted by atomic mass is 10.1. The molecule has 126 valence electrons. The maximum Gasteiger partial charge on any atom is 0.288 e. The highest BCUT2D eigenvalue weighted by atomic mass is 35.5. The number of ether oxygens (including phenoxy) is 2. The fraction of sp³-hybridized carbons (Fsp3) is 0.188. The predicted octanol–water partition coefficient (Wildman–Crippen LogP) is 3.20. The number of hydrogen-bond donors (Lipinski definition) is 1. The van der Waals surface area contributed by atoms with E-state index in [-0.39, 0.29) is 22.8 Å². The maximum atomic E-state index is 12.1. The Labute approximate surface area is 143 Å². The molecule has 0 heterocycles. The van der Waals surface area contributed by atoms with Crippen LogP contribution < -0.4 is 14.8 Å². The minimum absolute atomic E-state index is 0.0172. The highest BCUT2D eigenvalue weighted by Gasteiger charge is 2.16. The summed E-state index contributed by atoms with van der Waals surface area (Å²) in [5.41, 5.74) is 0.645. The van der Waals surface area contributed by atoms with Gasteiger partial charge < -0.3 is 14.8 Å². The molecule has 2 aromatic rings. The van der Waals surface area contributed by atoms with Crippen molar-refractivity contribution in [3.8, 4) is 11.5 Å². The largest absolute Gasteiger partial charge is 0.493 e. The molecule has 0 aliphatic carbocycles. The Hall–Kier alpha value is -2.80. The minimum atomic E-state index is -0.631. The lowest BCUT2D eigenvalue weighted by Crippen LogP contribution is -2.22. The van der Waals surface area contributed by atoms with E-state index in [1.54, 1.807) is 18.2 Å². The fourth-order valence-corrected chi connectivity index (χ4v) is 2.26. The zero-order valence-electron chi connectivity index (χ0n) is 13.0. The summed E-state index contributed by atoms with van der Waals surface area (Å²) in [6.07, 6.45) is 0. The molecule has 0 aliphatic rings. The number of carbonyl (C=O) groups excluding carboxylic acids is 1. The van der Waals surface area contributed by atoms with Gasteiger partial charge in [0.05, 0.1) is 19.1 Å². The first-order valence-corrected chi connectivity index (χ1v) is 7.27. The van der Waals surface area contributed by atoms with Crippen LogP contribution in [-0.2, 0) is 6.54 Å². The van der Waals surface area contributed by atoms with Gasteiger partial charge in [-0.1, -0.05) is 17.7 Å². The summed E-state index contributed by atoms with van der Waals surface area (Å²) >= 11 is 5.73. The van der Waals surface area contributed by atoms with Crippen LogP contribution in [-0.4, -0.2) is 25.1 Å². The van der Waals surface area contributed by atoms with E-state index in [0.717, 1.165) is 11.6 Å². The van der Waals surface area contributed by atoms with Crippen LogP contribution in [0, 0.1) is 10.1 Å². The molecule has 1 N–H and O–H groups in total. The quantitative estimate of drug-likeness (QED) is 0.638. The van der Waals surface area contributed by atoms with Crippen molar-refractivity contribution >= 4 is 23.2 Å². The van der Waals surface area contributed by atoms with Crippen molar-refractivity contribution in [2.75, 3.05) is 14.2 Å². The van der Waals surface area contributed by atoms with Crippen molar-refractivity contribution in [1.82, 2.24) is 5.32 Å². The van der Waals surface area contributed by atoms with E-state index in [2.05, 4.69) is 5.32 Å². The van der Waals surface area contributed by atoms with Crippen LogP contribution in [0.15, 0.2) is 36.4 Å². The van der Waals surface area contributed by atoms with E-state index in [1.807, 2.05) is 0 Å². The molecule has 1 amide bonds. The molecule has 24 heavy (non-hydrogen) atoms. The molecule has 0 aliphatic heterocycles. The Bertz CT molecular complexity index is 779. The standard InChI is InChI=1S/C16H15ClN2O5/c1-23-14-6-3-10(7-15(14)24-2)9-18-16(20)11-4-5-12(17)13(8-11)19(21)22/h3-8H,9H2,1-2H3,(H,18,20). The first kappa shape index (κ1) is 17.6. The smallest absolute Gasteiger partial charge is 0.288 e. The van der Waals surface area contributed by atoms with Gasteiger partial charge in [0.2, 0.25) is 0 Å². The molecule has 0 atom stereocenters. The fourth-order valence-electron chi connectivity index (χ4n) is 2.07. The van der Waals surface area contributed by atoms with Crippen LogP contribution >= 0.6 is 11.6 Å². The number of carbonyl (C=O) groups is 1. The molecule has 0 aromatic heterocycles. The van der Waals surface area contributed by atoms with E-state index >= 15 is 0 Å². The number of methoxy groups -OCH3 is 2. The van der Waals surface area contributed by atoms with E-state index in [9.17, 15) is 14.9 Å². The first-order chi connectivity index (χ1) is 11.5. The highest BCUT2D eigenvalue weighted by molar-refractivity contribution is 6.32. The Morgan fingerprint density at radius 1 is 1.17 bits per heavy atom. The number of amides is 1. The monoisotopic (exact) mass is 350 g/mol. The third kappa shape index (κ3) is 3.94. The average Bonchev–Trinajstić information content (AvgIpc) is 2.59. The summed E-state index contributed by atoms with van der Waals surface area (Å²) in [6, 6.07) is 9.15. The Kier molecular flexibility index (Phi) is 5.59. The number of rotatable bonds is 6. The molecule has 0 radical (unpaired) electrons. The number of nitrogens with one attached hydrogen (secondary N) is 1. The van der Waals surface area contributed by atoms with Crippen molar-refractivity contribution in [2.24, 2.45) is 0 Å². The van der Waals surface area contributed by atoms with E-state index in [0.29, 0.717) is 11.5 Å². The van der Waals surface area contributed by atoms with Gasteiger partial charge in [0, 0.05) is 18.2 Å². The molecular formula is C16H15ClN2O5. The number of nitrogens with zero attached hydrogens (tertiary/aromatic N) is 1. The van der Waals surface area contributed by atoms with Gasteiger partial charge in [0.1, 0.15) is 5.02 Å². The molecule has 0 saturated heterocycles. The number of halogens is 1. The van der Waals surface area contributed by atoms with Crippen LogP contribution in [0.25, 0.3) is 0 Å². The first-order valence-electron chi connectivity index (χ1n) is 6.89. The van der Waals surface area contributed by atoms with Gasteiger partial charge in [-0.2, -0.15) is 0 Å². The molecule has 8 heteroatoms. The molecule has 7 nitrogen and oxygen atoms in total. The van der Waals surface area contributed by atoms with Crippen molar-refractivity contribution in [2.45, 2.75) is 6.54 Å². The Balaban J connectivity index is 2.11. The van der Waals surface area contributed by atoms with Gasteiger partial charge in [0.25, 0.3) is 11.6 Å².